The topological polar surface area (TPSA) is 244 Å². The number of hydrogen-bond acceptors (Lipinski definition) is 17. The van der Waals surface area contributed by atoms with Gasteiger partial charge in [-0.15, -0.1) is 13.2 Å². The van der Waals surface area contributed by atoms with E-state index in [-0.39, 0.29) is 96.7 Å². The van der Waals surface area contributed by atoms with Crippen LogP contribution in [0.4, 0.5) is 14.4 Å². The summed E-state index contributed by atoms with van der Waals surface area (Å²) < 4.78 is 69.9. The predicted octanol–water partition coefficient (Wildman–Crippen LogP) is 14.3. The molecular weight excluding hydrogens is 1120 g/mol. The first-order valence-electron chi connectivity index (χ1n) is 31.4. The number of esters is 2. The van der Waals surface area contributed by atoms with E-state index >= 15 is 0 Å². The Morgan fingerprint density at radius 3 is 1.23 bits per heavy atom. The lowest BCUT2D eigenvalue weighted by molar-refractivity contribution is -0.150. The Morgan fingerprint density at radius 2 is 0.845 bits per heavy atom. The molecule has 4 amide bonds. The van der Waals surface area contributed by atoms with Crippen LogP contribution in [0, 0.1) is 0 Å². The molecule has 0 saturated heterocycles. The molecule has 0 rings (SSSR count). The maximum atomic E-state index is 13.0. The highest BCUT2D eigenvalue weighted by Crippen LogP contribution is 2.40. The Kier molecular flexibility index (Phi) is 51.9. The lowest BCUT2D eigenvalue weighted by atomic mass is 10.1. The third-order valence-electron chi connectivity index (χ3n) is 12.1. The Hall–Kier alpha value is -3.23. The lowest BCUT2D eigenvalue weighted by Crippen LogP contribution is -2.44. The van der Waals surface area contributed by atoms with Crippen LogP contribution in [-0.2, 0) is 65.2 Å². The summed E-state index contributed by atoms with van der Waals surface area (Å²) in [6, 6.07) is -1.81. The van der Waals surface area contributed by atoms with Gasteiger partial charge in [-0.1, -0.05) is 136 Å². The number of unbranched alkanes of at least 4 members (excludes halogenated alkanes) is 16. The van der Waals surface area contributed by atoms with Crippen molar-refractivity contribution < 1.29 is 79.5 Å². The van der Waals surface area contributed by atoms with Crippen molar-refractivity contribution in [3.05, 3.63) is 25.3 Å². The third-order valence-corrected chi connectivity index (χ3v) is 14.4. The zero-order chi connectivity index (χ0) is 62.5. The molecule has 84 heavy (non-hydrogen) atoms. The summed E-state index contributed by atoms with van der Waals surface area (Å²) >= 11 is 0. The first kappa shape index (κ1) is 80.8. The van der Waals surface area contributed by atoms with Crippen LogP contribution in [0.25, 0.3) is 0 Å². The van der Waals surface area contributed by atoms with E-state index in [1.54, 1.807) is 53.7 Å². The number of urea groups is 1. The summed E-state index contributed by atoms with van der Waals surface area (Å²) in [6.07, 6.45) is 25.7. The highest BCUT2D eigenvalue weighted by Gasteiger charge is 2.25. The fourth-order valence-electron chi connectivity index (χ4n) is 8.01. The molecule has 0 bridgehead atoms. The maximum absolute atomic E-state index is 13.0. The van der Waals surface area contributed by atoms with Crippen LogP contribution in [0.3, 0.4) is 0 Å². The number of carbonyl (C=O) groups is 5. The average Bonchev–Trinajstić information content (AvgIpc) is 3.44. The molecule has 0 spiro atoms. The summed E-state index contributed by atoms with van der Waals surface area (Å²) in [6.45, 7) is 27.1. The van der Waals surface area contributed by atoms with Gasteiger partial charge >= 0.3 is 47.4 Å². The molecule has 0 aromatic rings. The van der Waals surface area contributed by atoms with Gasteiger partial charge in [0.15, 0.2) is 0 Å². The van der Waals surface area contributed by atoms with E-state index in [0.717, 1.165) is 83.5 Å². The fraction of sp³-hybridized carbons (Fsp3) is 0.852. The fourth-order valence-corrected chi connectivity index (χ4v) is 10.00. The molecule has 0 saturated carbocycles. The van der Waals surface area contributed by atoms with E-state index in [1.165, 1.54) is 58.3 Å². The number of nitrogens with one attached hydrogen (secondary N) is 4. The number of carbonyl (C=O) groups excluding carboxylic acids is 5. The molecule has 0 fully saturated rings. The molecule has 0 aliphatic carbocycles. The molecule has 21 nitrogen and oxygen atoms in total. The van der Waals surface area contributed by atoms with Gasteiger partial charge in [-0.3, -0.25) is 9.59 Å². The van der Waals surface area contributed by atoms with Crippen LogP contribution in [0.15, 0.2) is 25.3 Å². The van der Waals surface area contributed by atoms with Crippen molar-refractivity contribution in [3.63, 3.8) is 0 Å². The van der Waals surface area contributed by atoms with E-state index < -0.39 is 58.7 Å². The standard InChI is InChI=1S/C61H116N4O17P2/c1-13-18-21-24-25-26-27-30-33-36-56(67)80-55(35-32-29-23-20-15-3)38-44-72-48-53(65-59(70)82-61(10,11)12)50-78-84(74-42-17-5)76-46-40-63-57(68)62-39-45-75-83(73-41-16-4)77-49-52(64-58(69)81-60(7,8)9)47-71-43-37-54(79-51(6)66)34-31-28-22-19-14-2/h16-17,52-55H,4-5,13-15,18-50H2,1-3,6-12H3,(H,64,69)(H,65,70)(H2,62,63,68)/t52-,53-,54-,55-,83?,84?/m1/s1. The van der Waals surface area contributed by atoms with Gasteiger partial charge in [-0.2, -0.15) is 0 Å². The highest BCUT2D eigenvalue weighted by molar-refractivity contribution is 7.41. The minimum atomic E-state index is -1.96. The van der Waals surface area contributed by atoms with Gasteiger partial charge < -0.3 is 76.8 Å². The Labute approximate surface area is 509 Å². The Morgan fingerprint density at radius 1 is 0.464 bits per heavy atom. The molecule has 0 radical (unpaired) electrons. The molecule has 0 aliphatic heterocycles. The normalized spacial score (nSPS) is 13.8. The number of alkyl carbamates (subject to hydrolysis) is 2. The van der Waals surface area contributed by atoms with E-state index in [0.29, 0.717) is 25.9 Å². The number of amides is 4. The molecule has 6 atom stereocenters. The molecule has 0 aromatic carbocycles. The van der Waals surface area contributed by atoms with Gasteiger partial charge in [0.25, 0.3) is 0 Å². The molecule has 0 aromatic heterocycles. The lowest BCUT2D eigenvalue weighted by Gasteiger charge is -2.25. The summed E-state index contributed by atoms with van der Waals surface area (Å²) in [5, 5.41) is 11.1. The predicted molar refractivity (Wildman–Crippen MR) is 333 cm³/mol. The minimum absolute atomic E-state index is 0.0206. The SMILES string of the molecule is C=CCOP(OCCNC(=O)NCCOP(OCC=C)OC[C@@H](COCC[C@@H](CCCCCCC)OC(=O)CCCCCCCCCCC)NC(=O)OC(C)(C)C)OC[C@@H](COCC[C@@H](CCCCCCC)OC(C)=O)NC(=O)OC(C)(C)C. The van der Waals surface area contributed by atoms with Crippen molar-refractivity contribution >= 4 is 47.4 Å². The van der Waals surface area contributed by atoms with Crippen LogP contribution < -0.4 is 21.3 Å². The van der Waals surface area contributed by atoms with Crippen molar-refractivity contribution in [2.75, 3.05) is 79.2 Å². The first-order valence-corrected chi connectivity index (χ1v) is 33.5. The molecule has 0 aliphatic rings. The number of rotatable bonds is 56. The van der Waals surface area contributed by atoms with Gasteiger partial charge in [-0.25, -0.2) is 14.4 Å². The molecule has 0 heterocycles. The second-order valence-corrected chi connectivity index (χ2v) is 25.2. The van der Waals surface area contributed by atoms with Crippen LogP contribution in [-0.4, -0.2) is 145 Å². The molecule has 23 heteroatoms. The van der Waals surface area contributed by atoms with Crippen LogP contribution >= 0.6 is 17.2 Å². The number of ether oxygens (including phenoxy) is 6. The maximum Gasteiger partial charge on any atom is 0.408 e. The Balaban J connectivity index is 5.37. The summed E-state index contributed by atoms with van der Waals surface area (Å²) in [4.78, 5) is 63.3. The molecule has 2 unspecified atom stereocenters. The van der Waals surface area contributed by atoms with Gasteiger partial charge in [0.1, 0.15) is 23.4 Å². The van der Waals surface area contributed by atoms with Gasteiger partial charge in [0, 0.05) is 39.3 Å². The zero-order valence-corrected chi connectivity index (χ0v) is 55.5. The van der Waals surface area contributed by atoms with Crippen LogP contribution in [0.5, 0.6) is 0 Å². The van der Waals surface area contributed by atoms with Crippen molar-refractivity contribution in [2.45, 2.75) is 259 Å². The van der Waals surface area contributed by atoms with Gasteiger partial charge in [0.05, 0.1) is 78.2 Å². The Bertz CT molecular complexity index is 1680. The molecule has 4 N–H and O–H groups in total. The average molecular weight is 1240 g/mol. The zero-order valence-electron chi connectivity index (χ0n) is 53.7. The first-order chi connectivity index (χ1) is 40.2. The minimum Gasteiger partial charge on any atom is -0.462 e. The quantitative estimate of drug-likeness (QED) is 0.0145. The third kappa shape index (κ3) is 54.2. The molecule has 492 valence electrons. The summed E-state index contributed by atoms with van der Waals surface area (Å²) in [5.74, 6) is -0.506. The van der Waals surface area contributed by atoms with Crippen molar-refractivity contribution in [1.29, 1.82) is 0 Å². The summed E-state index contributed by atoms with van der Waals surface area (Å²) in [5.41, 5.74) is -1.49. The largest absolute Gasteiger partial charge is 0.462 e. The number of hydrogen-bond donors (Lipinski definition) is 4. The summed E-state index contributed by atoms with van der Waals surface area (Å²) in [7, 11) is -3.91. The molecular formula is C61H116N4O17P2. The van der Waals surface area contributed by atoms with E-state index in [9.17, 15) is 24.0 Å². The van der Waals surface area contributed by atoms with Crippen molar-refractivity contribution in [1.82, 2.24) is 21.3 Å². The van der Waals surface area contributed by atoms with Crippen LogP contribution in [0.2, 0.25) is 0 Å². The second kappa shape index (κ2) is 54.0. The van der Waals surface area contributed by atoms with Gasteiger partial charge in [0.2, 0.25) is 0 Å². The van der Waals surface area contributed by atoms with Crippen molar-refractivity contribution in [2.24, 2.45) is 0 Å². The smallest absolute Gasteiger partial charge is 0.408 e. The second-order valence-electron chi connectivity index (χ2n) is 22.8. The monoisotopic (exact) mass is 1240 g/mol. The van der Waals surface area contributed by atoms with Crippen LogP contribution in [0.1, 0.15) is 223 Å². The van der Waals surface area contributed by atoms with E-state index in [4.69, 9.17) is 55.6 Å². The van der Waals surface area contributed by atoms with E-state index in [1.807, 2.05) is 0 Å². The van der Waals surface area contributed by atoms with E-state index in [2.05, 4.69) is 55.2 Å². The highest BCUT2D eigenvalue weighted by atomic mass is 31.2. The van der Waals surface area contributed by atoms with Gasteiger partial charge in [-0.05, 0) is 73.6 Å². The van der Waals surface area contributed by atoms with Crippen molar-refractivity contribution in [3.8, 4) is 0 Å².